The van der Waals surface area contributed by atoms with Gasteiger partial charge in [-0.05, 0) is 38.5 Å². The Morgan fingerprint density at radius 2 is 1.15 bits per heavy atom. The zero-order chi connectivity index (χ0) is 18.5. The van der Waals surface area contributed by atoms with Gasteiger partial charge in [0.2, 0.25) is 23.6 Å². The van der Waals surface area contributed by atoms with Crippen molar-refractivity contribution in [2.24, 2.45) is 0 Å². The fourth-order valence-corrected chi connectivity index (χ4v) is 4.02. The number of amides is 4. The second-order valence-corrected chi connectivity index (χ2v) is 7.52. The zero-order valence-corrected chi connectivity index (χ0v) is 15.2. The van der Waals surface area contributed by atoms with Crippen molar-refractivity contribution in [1.29, 1.82) is 0 Å². The van der Waals surface area contributed by atoms with Crippen LogP contribution < -0.4 is 10.6 Å². The number of nitrogens with zero attached hydrogens (tertiary/aromatic N) is 2. The first kappa shape index (κ1) is 18.7. The summed E-state index contributed by atoms with van der Waals surface area (Å²) in [5.41, 5.74) is 0. The van der Waals surface area contributed by atoms with Gasteiger partial charge in [0, 0.05) is 38.0 Å². The van der Waals surface area contributed by atoms with Crippen LogP contribution in [0.1, 0.15) is 51.4 Å². The van der Waals surface area contributed by atoms with E-state index in [1.165, 1.54) is 0 Å². The molecule has 1 saturated carbocycles. The van der Waals surface area contributed by atoms with E-state index >= 15 is 0 Å². The van der Waals surface area contributed by atoms with E-state index in [0.29, 0.717) is 25.9 Å². The van der Waals surface area contributed by atoms with E-state index in [1.807, 2.05) is 0 Å². The standard InChI is InChI=1S/C18H28N4O4/c23-15(11-21-9-1-3-17(21)25)19-13-5-7-14(8-6-13)20-16(24)12-22-10-2-4-18(22)26/h13-14H,1-12H2,(H,19,23)(H,20,24). The van der Waals surface area contributed by atoms with Crippen LogP contribution in [0.4, 0.5) is 0 Å². The van der Waals surface area contributed by atoms with Crippen LogP contribution >= 0.6 is 0 Å². The molecule has 144 valence electrons. The molecule has 1 aliphatic carbocycles. The Kier molecular flexibility index (Phi) is 6.11. The Balaban J connectivity index is 1.33. The predicted molar refractivity (Wildman–Crippen MR) is 94.0 cm³/mol. The minimum absolute atomic E-state index is 0.0584. The van der Waals surface area contributed by atoms with Gasteiger partial charge in [0.15, 0.2) is 0 Å². The number of likely N-dealkylation sites (tertiary alicyclic amines) is 2. The first-order chi connectivity index (χ1) is 12.5. The summed E-state index contributed by atoms with van der Waals surface area (Å²) in [6.45, 7) is 1.65. The third-order valence-corrected chi connectivity index (χ3v) is 5.47. The lowest BCUT2D eigenvalue weighted by molar-refractivity contribution is -0.133. The first-order valence-electron chi connectivity index (χ1n) is 9.65. The highest BCUT2D eigenvalue weighted by atomic mass is 16.2. The molecule has 2 heterocycles. The highest BCUT2D eigenvalue weighted by Gasteiger charge is 2.27. The van der Waals surface area contributed by atoms with E-state index < -0.39 is 0 Å². The molecule has 0 spiro atoms. The average molecular weight is 364 g/mol. The molecule has 2 aliphatic heterocycles. The molecule has 2 N–H and O–H groups in total. The lowest BCUT2D eigenvalue weighted by atomic mass is 9.91. The van der Waals surface area contributed by atoms with Crippen LogP contribution in [-0.2, 0) is 19.2 Å². The molecular weight excluding hydrogens is 336 g/mol. The summed E-state index contributed by atoms with van der Waals surface area (Å²) in [6, 6.07) is 0.210. The molecule has 26 heavy (non-hydrogen) atoms. The maximum absolute atomic E-state index is 12.1. The van der Waals surface area contributed by atoms with Crippen LogP contribution in [0.2, 0.25) is 0 Å². The summed E-state index contributed by atoms with van der Waals surface area (Å²) in [7, 11) is 0. The van der Waals surface area contributed by atoms with E-state index in [9.17, 15) is 19.2 Å². The summed E-state index contributed by atoms with van der Waals surface area (Å²) in [5.74, 6) is -0.0772. The Bertz CT molecular complexity index is 522. The second kappa shape index (κ2) is 8.51. The summed E-state index contributed by atoms with van der Waals surface area (Å²) < 4.78 is 0. The number of hydrogen-bond acceptors (Lipinski definition) is 4. The number of carbonyl (C=O) groups is 4. The highest BCUT2D eigenvalue weighted by molar-refractivity contribution is 5.86. The molecule has 0 unspecified atom stereocenters. The summed E-state index contributed by atoms with van der Waals surface area (Å²) in [5, 5.41) is 6.01. The molecule has 3 rings (SSSR count). The van der Waals surface area contributed by atoms with Crippen molar-refractivity contribution < 1.29 is 19.2 Å². The molecule has 3 fully saturated rings. The fourth-order valence-electron chi connectivity index (χ4n) is 4.02. The lowest BCUT2D eigenvalue weighted by Gasteiger charge is -2.30. The molecule has 0 aromatic carbocycles. The number of nitrogens with one attached hydrogen (secondary N) is 2. The fraction of sp³-hybridized carbons (Fsp3) is 0.778. The molecule has 2 saturated heterocycles. The van der Waals surface area contributed by atoms with Crippen molar-refractivity contribution >= 4 is 23.6 Å². The molecule has 4 amide bonds. The maximum Gasteiger partial charge on any atom is 0.239 e. The molecule has 0 radical (unpaired) electrons. The minimum atomic E-state index is -0.0970. The second-order valence-electron chi connectivity index (χ2n) is 7.52. The third kappa shape index (κ3) is 4.95. The zero-order valence-electron chi connectivity index (χ0n) is 15.2. The molecule has 0 aromatic rings. The van der Waals surface area contributed by atoms with Gasteiger partial charge in [0.25, 0.3) is 0 Å². The van der Waals surface area contributed by atoms with Crippen molar-refractivity contribution in [2.75, 3.05) is 26.2 Å². The van der Waals surface area contributed by atoms with Gasteiger partial charge in [-0.2, -0.15) is 0 Å². The van der Waals surface area contributed by atoms with E-state index in [4.69, 9.17) is 0 Å². The van der Waals surface area contributed by atoms with Crippen molar-refractivity contribution in [3.8, 4) is 0 Å². The van der Waals surface area contributed by atoms with Gasteiger partial charge in [-0.15, -0.1) is 0 Å². The minimum Gasteiger partial charge on any atom is -0.352 e. The topological polar surface area (TPSA) is 98.8 Å². The Morgan fingerprint density at radius 3 is 1.46 bits per heavy atom. The number of hydrogen-bond donors (Lipinski definition) is 2. The number of rotatable bonds is 6. The highest BCUT2D eigenvalue weighted by Crippen LogP contribution is 2.19. The van der Waals surface area contributed by atoms with Crippen molar-refractivity contribution in [2.45, 2.75) is 63.5 Å². The molecule has 0 atom stereocenters. The van der Waals surface area contributed by atoms with E-state index in [0.717, 1.165) is 38.5 Å². The van der Waals surface area contributed by atoms with Gasteiger partial charge in [-0.3, -0.25) is 19.2 Å². The van der Waals surface area contributed by atoms with Crippen molar-refractivity contribution in [1.82, 2.24) is 20.4 Å². The average Bonchev–Trinajstić information content (AvgIpc) is 3.18. The van der Waals surface area contributed by atoms with Gasteiger partial charge >= 0.3 is 0 Å². The van der Waals surface area contributed by atoms with Crippen molar-refractivity contribution in [3.05, 3.63) is 0 Å². The quantitative estimate of drug-likeness (QED) is 0.680. The van der Waals surface area contributed by atoms with Gasteiger partial charge < -0.3 is 20.4 Å². The van der Waals surface area contributed by atoms with Gasteiger partial charge in [0.05, 0.1) is 13.1 Å². The monoisotopic (exact) mass is 364 g/mol. The molecule has 0 bridgehead atoms. The molecule has 8 heteroatoms. The molecular formula is C18H28N4O4. The van der Waals surface area contributed by atoms with Gasteiger partial charge in [-0.1, -0.05) is 0 Å². The largest absolute Gasteiger partial charge is 0.352 e. The van der Waals surface area contributed by atoms with Crippen LogP contribution in [0.3, 0.4) is 0 Å². The molecule has 0 aromatic heterocycles. The summed E-state index contributed by atoms with van der Waals surface area (Å²) in [4.78, 5) is 50.5. The Labute approximate surface area is 153 Å². The number of carbonyl (C=O) groups excluding carboxylic acids is 4. The summed E-state index contributed by atoms with van der Waals surface area (Å²) in [6.07, 6.45) is 6.00. The summed E-state index contributed by atoms with van der Waals surface area (Å²) >= 11 is 0. The van der Waals surface area contributed by atoms with Crippen LogP contribution in [0.25, 0.3) is 0 Å². The van der Waals surface area contributed by atoms with E-state index in [-0.39, 0.29) is 48.8 Å². The Morgan fingerprint density at radius 1 is 0.769 bits per heavy atom. The van der Waals surface area contributed by atoms with Crippen LogP contribution in [0, 0.1) is 0 Å². The normalized spacial score (nSPS) is 26.3. The third-order valence-electron chi connectivity index (χ3n) is 5.47. The van der Waals surface area contributed by atoms with E-state index in [2.05, 4.69) is 10.6 Å². The van der Waals surface area contributed by atoms with Crippen molar-refractivity contribution in [3.63, 3.8) is 0 Å². The van der Waals surface area contributed by atoms with Crippen LogP contribution in [-0.4, -0.2) is 71.7 Å². The van der Waals surface area contributed by atoms with Gasteiger partial charge in [0.1, 0.15) is 0 Å². The first-order valence-corrected chi connectivity index (χ1v) is 9.65. The van der Waals surface area contributed by atoms with E-state index in [1.54, 1.807) is 9.80 Å². The SMILES string of the molecule is O=C(CN1CCCC1=O)NC1CCC(NC(=O)CN2CCCC2=O)CC1. The Hall–Kier alpha value is -2.12. The molecule has 8 nitrogen and oxygen atoms in total. The predicted octanol–water partition coefficient (Wildman–Crippen LogP) is -0.225. The smallest absolute Gasteiger partial charge is 0.239 e. The molecule has 3 aliphatic rings. The lowest BCUT2D eigenvalue weighted by Crippen LogP contribution is -2.48. The van der Waals surface area contributed by atoms with Crippen LogP contribution in [0.15, 0.2) is 0 Å². The maximum atomic E-state index is 12.1. The van der Waals surface area contributed by atoms with Crippen LogP contribution in [0.5, 0.6) is 0 Å². The van der Waals surface area contributed by atoms with Gasteiger partial charge in [-0.25, -0.2) is 0 Å².